The van der Waals surface area contributed by atoms with Gasteiger partial charge in [-0.3, -0.25) is 0 Å². The summed E-state index contributed by atoms with van der Waals surface area (Å²) in [7, 11) is 0. The van der Waals surface area contributed by atoms with Gasteiger partial charge in [0.25, 0.3) is 0 Å². The zero-order valence-electron chi connectivity index (χ0n) is 17.1. The molecule has 2 nitrogen and oxygen atoms in total. The molecule has 2 fully saturated rings. The van der Waals surface area contributed by atoms with E-state index in [4.69, 9.17) is 11.6 Å². The molecule has 7 atom stereocenters. The van der Waals surface area contributed by atoms with E-state index in [1.807, 2.05) is 19.1 Å². The van der Waals surface area contributed by atoms with Gasteiger partial charge in [0.1, 0.15) is 11.9 Å². The molecule has 0 saturated heterocycles. The van der Waals surface area contributed by atoms with Crippen LogP contribution in [0.15, 0.2) is 18.2 Å². The van der Waals surface area contributed by atoms with Crippen molar-refractivity contribution >= 4 is 11.6 Å². The molecular formula is C24H34ClFO2. The molecule has 2 N–H and O–H groups in total. The van der Waals surface area contributed by atoms with E-state index in [1.54, 1.807) is 6.07 Å². The minimum absolute atomic E-state index is 0.102. The molecule has 0 spiro atoms. The van der Waals surface area contributed by atoms with Gasteiger partial charge in [0.15, 0.2) is 0 Å². The summed E-state index contributed by atoms with van der Waals surface area (Å²) in [5.74, 6) is 1.91. The Labute approximate surface area is 173 Å². The number of halogens is 2. The molecule has 0 amide bonds. The Morgan fingerprint density at radius 3 is 2.75 bits per heavy atom. The van der Waals surface area contributed by atoms with Crippen LogP contribution in [0.1, 0.15) is 75.8 Å². The van der Waals surface area contributed by atoms with E-state index in [0.717, 1.165) is 56.1 Å². The van der Waals surface area contributed by atoms with Crippen LogP contribution in [0, 0.1) is 23.2 Å². The van der Waals surface area contributed by atoms with Crippen molar-refractivity contribution in [1.82, 2.24) is 0 Å². The quantitative estimate of drug-likeness (QED) is 0.465. The SMILES string of the molecule is C[C@]1(O)CCC2C3C(CCCCCCl)Cc4cc(O)ccc4C3[C@@H](F)C[C@@]21C. The van der Waals surface area contributed by atoms with E-state index in [-0.39, 0.29) is 23.0 Å². The van der Waals surface area contributed by atoms with Crippen LogP contribution in [0.25, 0.3) is 0 Å². The standard InChI is InChI=1S/C24H34ClFO2/c1-23-14-20(26)22-18-8-7-17(27)13-16(18)12-15(6-4-3-5-11-25)21(22)19(23)9-10-24(23,2)28/h7-8,13,15,19-22,27-28H,3-6,9-12,14H2,1-2H3/t15?,19?,20-,21?,22?,23-,24-/m0/s1. The van der Waals surface area contributed by atoms with Gasteiger partial charge in [-0.1, -0.05) is 25.8 Å². The number of alkyl halides is 2. The third-order valence-corrected chi connectivity index (χ3v) is 8.87. The highest BCUT2D eigenvalue weighted by Gasteiger charge is 2.63. The van der Waals surface area contributed by atoms with Gasteiger partial charge in [0, 0.05) is 17.2 Å². The van der Waals surface area contributed by atoms with Crippen molar-refractivity contribution in [3.05, 3.63) is 29.3 Å². The zero-order chi connectivity index (χ0) is 20.1. The van der Waals surface area contributed by atoms with Crippen molar-refractivity contribution in [1.29, 1.82) is 0 Å². The molecule has 3 aliphatic rings. The Morgan fingerprint density at radius 1 is 1.21 bits per heavy atom. The third-order valence-electron chi connectivity index (χ3n) is 8.60. The lowest BCUT2D eigenvalue weighted by Gasteiger charge is -2.56. The summed E-state index contributed by atoms with van der Waals surface area (Å²) in [4.78, 5) is 0. The summed E-state index contributed by atoms with van der Waals surface area (Å²) < 4.78 is 15.8. The maximum absolute atomic E-state index is 15.8. The molecule has 1 aromatic rings. The minimum Gasteiger partial charge on any atom is -0.508 e. The van der Waals surface area contributed by atoms with E-state index < -0.39 is 11.8 Å². The van der Waals surface area contributed by atoms with Crippen LogP contribution in [0.5, 0.6) is 5.75 Å². The van der Waals surface area contributed by atoms with Crippen LogP contribution < -0.4 is 0 Å². The number of hydrogen-bond acceptors (Lipinski definition) is 2. The topological polar surface area (TPSA) is 40.5 Å². The predicted molar refractivity (Wildman–Crippen MR) is 112 cm³/mol. The summed E-state index contributed by atoms with van der Waals surface area (Å²) in [5, 5.41) is 21.1. The molecule has 4 rings (SSSR count). The summed E-state index contributed by atoms with van der Waals surface area (Å²) in [6.45, 7) is 4.05. The number of benzene rings is 1. The second kappa shape index (κ2) is 7.47. The summed E-state index contributed by atoms with van der Waals surface area (Å²) in [6, 6.07) is 5.51. The maximum atomic E-state index is 15.8. The molecule has 4 heteroatoms. The first-order valence-corrected chi connectivity index (χ1v) is 11.6. The van der Waals surface area contributed by atoms with Crippen LogP contribution in [-0.4, -0.2) is 27.9 Å². The first-order valence-electron chi connectivity index (χ1n) is 11.0. The molecule has 0 radical (unpaired) electrons. The molecule has 0 heterocycles. The summed E-state index contributed by atoms with van der Waals surface area (Å²) in [6.07, 6.45) is 6.50. The van der Waals surface area contributed by atoms with Crippen LogP contribution in [-0.2, 0) is 6.42 Å². The lowest BCUT2D eigenvalue weighted by molar-refractivity contribution is -0.120. The molecule has 0 aliphatic heterocycles. The van der Waals surface area contributed by atoms with E-state index in [2.05, 4.69) is 6.92 Å². The Balaban J connectivity index is 1.71. The largest absolute Gasteiger partial charge is 0.508 e. The Bertz CT molecular complexity index is 721. The van der Waals surface area contributed by atoms with Gasteiger partial charge in [0.05, 0.1) is 5.60 Å². The molecule has 28 heavy (non-hydrogen) atoms. The van der Waals surface area contributed by atoms with Gasteiger partial charge in [-0.15, -0.1) is 11.6 Å². The number of aromatic hydroxyl groups is 1. The van der Waals surface area contributed by atoms with Gasteiger partial charge < -0.3 is 10.2 Å². The van der Waals surface area contributed by atoms with E-state index >= 15 is 4.39 Å². The van der Waals surface area contributed by atoms with Crippen molar-refractivity contribution in [3.63, 3.8) is 0 Å². The van der Waals surface area contributed by atoms with Crippen molar-refractivity contribution < 1.29 is 14.6 Å². The molecular weight excluding hydrogens is 375 g/mol. The lowest BCUT2D eigenvalue weighted by Crippen LogP contribution is -2.54. The smallest absolute Gasteiger partial charge is 0.115 e. The number of phenols is 1. The van der Waals surface area contributed by atoms with Gasteiger partial charge in [0.2, 0.25) is 0 Å². The molecule has 0 bridgehead atoms. The number of fused-ring (bicyclic) bond motifs is 5. The van der Waals surface area contributed by atoms with Crippen LogP contribution in [0.3, 0.4) is 0 Å². The first kappa shape index (κ1) is 20.5. The number of unbranched alkanes of at least 4 members (excludes halogenated alkanes) is 2. The van der Waals surface area contributed by atoms with Gasteiger partial charge in [-0.25, -0.2) is 4.39 Å². The van der Waals surface area contributed by atoms with Gasteiger partial charge in [-0.05, 0) is 86.5 Å². The minimum atomic E-state index is -0.940. The first-order chi connectivity index (χ1) is 13.3. The third kappa shape index (κ3) is 3.17. The molecule has 1 aromatic carbocycles. The van der Waals surface area contributed by atoms with Crippen LogP contribution >= 0.6 is 11.6 Å². The van der Waals surface area contributed by atoms with Crippen LogP contribution in [0.2, 0.25) is 0 Å². The highest BCUT2D eigenvalue weighted by Crippen LogP contribution is 2.66. The Morgan fingerprint density at radius 2 is 2.00 bits per heavy atom. The molecule has 3 aliphatic carbocycles. The van der Waals surface area contributed by atoms with Crippen molar-refractivity contribution in [2.75, 3.05) is 5.88 Å². The van der Waals surface area contributed by atoms with Gasteiger partial charge >= 0.3 is 0 Å². The van der Waals surface area contributed by atoms with E-state index in [1.165, 1.54) is 0 Å². The highest BCUT2D eigenvalue weighted by molar-refractivity contribution is 6.17. The average Bonchev–Trinajstić information content (AvgIpc) is 2.87. The van der Waals surface area contributed by atoms with Crippen LogP contribution in [0.4, 0.5) is 4.39 Å². The second-order valence-corrected chi connectivity index (χ2v) is 10.4. The van der Waals surface area contributed by atoms with Crippen molar-refractivity contribution in [2.45, 2.75) is 82.9 Å². The Hall–Kier alpha value is -0.800. The Kier molecular flexibility index (Phi) is 5.46. The van der Waals surface area contributed by atoms with E-state index in [0.29, 0.717) is 24.1 Å². The number of rotatable bonds is 5. The van der Waals surface area contributed by atoms with Crippen molar-refractivity contribution in [3.8, 4) is 5.75 Å². The monoisotopic (exact) mass is 408 g/mol. The molecule has 2 saturated carbocycles. The fraction of sp³-hybridized carbons (Fsp3) is 0.750. The average molecular weight is 409 g/mol. The lowest BCUT2D eigenvalue weighted by atomic mass is 9.50. The summed E-state index contributed by atoms with van der Waals surface area (Å²) >= 11 is 5.85. The second-order valence-electron chi connectivity index (χ2n) is 10.0. The number of aliphatic hydroxyl groups is 1. The predicted octanol–water partition coefficient (Wildman–Crippen LogP) is 5.97. The van der Waals surface area contributed by atoms with Gasteiger partial charge in [-0.2, -0.15) is 0 Å². The number of hydrogen-bond donors (Lipinski definition) is 2. The fourth-order valence-electron chi connectivity index (χ4n) is 6.96. The summed E-state index contributed by atoms with van der Waals surface area (Å²) in [5.41, 5.74) is 1.09. The molecule has 0 aromatic heterocycles. The molecule has 156 valence electrons. The zero-order valence-corrected chi connectivity index (χ0v) is 17.9. The highest BCUT2D eigenvalue weighted by atomic mass is 35.5. The normalized spacial score (nSPS) is 42.0. The fourth-order valence-corrected chi connectivity index (χ4v) is 7.15. The van der Waals surface area contributed by atoms with Crippen molar-refractivity contribution in [2.24, 2.45) is 23.2 Å². The van der Waals surface area contributed by atoms with E-state index in [9.17, 15) is 10.2 Å². The number of phenolic OH excluding ortho intramolecular Hbond substituents is 1. The maximum Gasteiger partial charge on any atom is 0.115 e. The molecule has 4 unspecified atom stereocenters.